The van der Waals surface area contributed by atoms with Gasteiger partial charge in [-0.25, -0.2) is 0 Å². The maximum Gasteiger partial charge on any atom is 0.134 e. The minimum atomic E-state index is 0.0922. The second kappa shape index (κ2) is 12.0. The van der Waals surface area contributed by atoms with Gasteiger partial charge >= 0.3 is 0 Å². The van der Waals surface area contributed by atoms with Gasteiger partial charge in [-0.15, -0.1) is 0 Å². The molecule has 0 spiro atoms. The molecule has 37 heavy (non-hydrogen) atoms. The van der Waals surface area contributed by atoms with E-state index in [0.717, 1.165) is 38.1 Å². The van der Waals surface area contributed by atoms with Crippen molar-refractivity contribution in [2.24, 2.45) is 17.6 Å². The molecule has 0 amide bonds. The summed E-state index contributed by atoms with van der Waals surface area (Å²) in [5.41, 5.74) is 11.4. The van der Waals surface area contributed by atoms with Crippen molar-refractivity contribution in [3.05, 3.63) is 71.4 Å². The molecule has 3 nitrogen and oxygen atoms in total. The van der Waals surface area contributed by atoms with Crippen molar-refractivity contribution in [1.82, 2.24) is 4.57 Å². The molecule has 0 aliphatic heterocycles. The summed E-state index contributed by atoms with van der Waals surface area (Å²) in [6.45, 7) is 5.60. The molecular weight excluding hydrogens is 452 g/mol. The molecule has 2 N–H and O–H groups in total. The monoisotopic (exact) mass is 498 g/mol. The van der Waals surface area contributed by atoms with E-state index >= 15 is 0 Å². The van der Waals surface area contributed by atoms with Crippen molar-refractivity contribution in [2.75, 3.05) is 0 Å². The van der Waals surface area contributed by atoms with Gasteiger partial charge in [0.05, 0.1) is 0 Å². The van der Waals surface area contributed by atoms with Gasteiger partial charge in [0, 0.05) is 48.4 Å². The molecule has 2 saturated carbocycles. The zero-order valence-electron chi connectivity index (χ0n) is 23.0. The highest BCUT2D eigenvalue weighted by Gasteiger charge is 2.27. The molecule has 2 aliphatic carbocycles. The Balaban J connectivity index is 1.48. The summed E-state index contributed by atoms with van der Waals surface area (Å²) in [5, 5.41) is 1.31. The minimum Gasteiger partial charge on any atom is -0.347 e. The van der Waals surface area contributed by atoms with E-state index in [9.17, 15) is 4.79 Å². The highest BCUT2D eigenvalue weighted by atomic mass is 16.1. The van der Waals surface area contributed by atoms with E-state index < -0.39 is 0 Å². The molecular formula is C34H46N2O. The van der Waals surface area contributed by atoms with Crippen molar-refractivity contribution >= 4 is 16.7 Å². The molecule has 1 unspecified atom stereocenters. The number of nitrogens with zero attached hydrogens (tertiary/aromatic N) is 1. The van der Waals surface area contributed by atoms with Crippen LogP contribution in [0.1, 0.15) is 113 Å². The van der Waals surface area contributed by atoms with Crippen LogP contribution in [0.2, 0.25) is 0 Å². The fraction of sp³-hybridized carbons (Fsp3) is 0.559. The lowest BCUT2D eigenvalue weighted by atomic mass is 9.80. The van der Waals surface area contributed by atoms with Crippen LogP contribution in [0, 0.1) is 11.8 Å². The maximum atomic E-state index is 13.6. The highest BCUT2D eigenvalue weighted by Crippen LogP contribution is 2.38. The lowest BCUT2D eigenvalue weighted by Crippen LogP contribution is -2.27. The number of nitrogens with two attached hydrogens (primary N) is 1. The van der Waals surface area contributed by atoms with Crippen LogP contribution in [0.5, 0.6) is 0 Å². The Morgan fingerprint density at radius 1 is 0.892 bits per heavy atom. The molecule has 0 saturated heterocycles. The SMILES string of the molecule is CC(C)c1cccc(C(CC(=O)CC2CCC(N)CC2)c2cn(CC3CCCCC3)c3ccccc23)c1. The summed E-state index contributed by atoms with van der Waals surface area (Å²) in [6.07, 6.45) is 14.8. The van der Waals surface area contributed by atoms with Gasteiger partial charge in [-0.3, -0.25) is 4.79 Å². The average Bonchev–Trinajstić information content (AvgIpc) is 3.27. The second-order valence-corrected chi connectivity index (χ2v) is 12.4. The Morgan fingerprint density at radius 3 is 2.38 bits per heavy atom. The van der Waals surface area contributed by atoms with Crippen molar-refractivity contribution in [3.8, 4) is 0 Å². The fourth-order valence-corrected chi connectivity index (χ4v) is 6.92. The first-order valence-corrected chi connectivity index (χ1v) is 14.9. The van der Waals surface area contributed by atoms with Crippen LogP contribution < -0.4 is 5.73 Å². The average molecular weight is 499 g/mol. The molecule has 1 aromatic heterocycles. The molecule has 1 atom stereocenters. The molecule has 3 heteroatoms. The van der Waals surface area contributed by atoms with E-state index in [4.69, 9.17) is 5.73 Å². The van der Waals surface area contributed by atoms with Crippen molar-refractivity contribution in [2.45, 2.75) is 109 Å². The van der Waals surface area contributed by atoms with Gasteiger partial charge in [0.2, 0.25) is 0 Å². The number of ketones is 1. The number of Topliss-reactive ketones (excluding diaryl/α,β-unsaturated/α-hetero) is 1. The van der Waals surface area contributed by atoms with Crippen LogP contribution in [0.25, 0.3) is 10.9 Å². The first kappa shape index (κ1) is 26.2. The predicted molar refractivity (Wildman–Crippen MR) is 155 cm³/mol. The lowest BCUT2D eigenvalue weighted by Gasteiger charge is -2.26. The van der Waals surface area contributed by atoms with Gasteiger partial charge in [0.1, 0.15) is 5.78 Å². The van der Waals surface area contributed by atoms with Gasteiger partial charge in [-0.2, -0.15) is 0 Å². The van der Waals surface area contributed by atoms with Gasteiger partial charge in [0.15, 0.2) is 0 Å². The first-order valence-electron chi connectivity index (χ1n) is 14.9. The summed E-state index contributed by atoms with van der Waals surface area (Å²) in [4.78, 5) is 13.6. The van der Waals surface area contributed by atoms with Crippen LogP contribution >= 0.6 is 0 Å². The van der Waals surface area contributed by atoms with Gasteiger partial charge in [0.25, 0.3) is 0 Å². The Hall–Kier alpha value is -2.39. The quantitative estimate of drug-likeness (QED) is 0.322. The molecule has 5 rings (SSSR count). The molecule has 2 fully saturated rings. The Morgan fingerprint density at radius 2 is 1.62 bits per heavy atom. The van der Waals surface area contributed by atoms with Crippen molar-refractivity contribution < 1.29 is 4.79 Å². The molecule has 0 radical (unpaired) electrons. The summed E-state index contributed by atoms with van der Waals surface area (Å²) in [5.74, 6) is 2.23. The van der Waals surface area contributed by atoms with E-state index in [0.29, 0.717) is 36.5 Å². The largest absolute Gasteiger partial charge is 0.347 e. The fourth-order valence-electron chi connectivity index (χ4n) is 6.92. The van der Waals surface area contributed by atoms with Crippen LogP contribution in [-0.2, 0) is 11.3 Å². The van der Waals surface area contributed by atoms with E-state index in [1.165, 1.54) is 59.7 Å². The van der Waals surface area contributed by atoms with Crippen LogP contribution in [0.15, 0.2) is 54.7 Å². The molecule has 2 aliphatic rings. The minimum absolute atomic E-state index is 0.0922. The van der Waals surface area contributed by atoms with E-state index in [-0.39, 0.29) is 5.92 Å². The third-order valence-electron chi connectivity index (χ3n) is 9.19. The number of fused-ring (bicyclic) bond motifs is 1. The summed E-state index contributed by atoms with van der Waals surface area (Å²) in [7, 11) is 0. The third-order valence-corrected chi connectivity index (χ3v) is 9.19. The molecule has 0 bridgehead atoms. The summed E-state index contributed by atoms with van der Waals surface area (Å²) >= 11 is 0. The van der Waals surface area contributed by atoms with Crippen LogP contribution in [0.3, 0.4) is 0 Å². The van der Waals surface area contributed by atoms with Crippen molar-refractivity contribution in [1.29, 1.82) is 0 Å². The highest BCUT2D eigenvalue weighted by molar-refractivity contribution is 5.87. The number of rotatable bonds is 9. The zero-order valence-corrected chi connectivity index (χ0v) is 23.0. The number of hydrogen-bond acceptors (Lipinski definition) is 2. The van der Waals surface area contributed by atoms with E-state index in [1.54, 1.807) is 0 Å². The smallest absolute Gasteiger partial charge is 0.134 e. The van der Waals surface area contributed by atoms with Gasteiger partial charge in [-0.1, -0.05) is 75.6 Å². The lowest BCUT2D eigenvalue weighted by molar-refractivity contribution is -0.120. The van der Waals surface area contributed by atoms with Crippen LogP contribution in [-0.4, -0.2) is 16.4 Å². The van der Waals surface area contributed by atoms with E-state index in [2.05, 4.69) is 73.1 Å². The Kier molecular flexibility index (Phi) is 8.49. The summed E-state index contributed by atoms with van der Waals surface area (Å²) < 4.78 is 2.51. The maximum absolute atomic E-state index is 13.6. The molecule has 198 valence electrons. The number of carbonyl (C=O) groups excluding carboxylic acids is 1. The standard InChI is InChI=1S/C34H46N2O/c1-24(2)27-11-8-12-28(20-27)32(21-30(37)19-25-15-17-29(35)18-16-25)33-23-36(22-26-9-4-3-5-10-26)34-14-7-6-13-31(33)34/h6-8,11-14,20,23-26,29,32H,3-5,9-10,15-19,21-22,35H2,1-2H3. The topological polar surface area (TPSA) is 48.0 Å². The van der Waals surface area contributed by atoms with Gasteiger partial charge in [-0.05, 0) is 79.0 Å². The number of hydrogen-bond donors (Lipinski definition) is 1. The number of para-hydroxylation sites is 1. The normalized spacial score (nSPS) is 21.9. The number of aromatic nitrogens is 1. The van der Waals surface area contributed by atoms with E-state index in [1.807, 2.05) is 0 Å². The molecule has 2 aromatic carbocycles. The summed E-state index contributed by atoms with van der Waals surface area (Å²) in [6, 6.07) is 18.2. The van der Waals surface area contributed by atoms with Crippen LogP contribution in [0.4, 0.5) is 0 Å². The zero-order chi connectivity index (χ0) is 25.8. The number of benzene rings is 2. The Bertz CT molecular complexity index is 1180. The predicted octanol–water partition coefficient (Wildman–Crippen LogP) is 8.34. The molecule has 3 aromatic rings. The second-order valence-electron chi connectivity index (χ2n) is 12.4. The third kappa shape index (κ3) is 6.37. The van der Waals surface area contributed by atoms with Gasteiger partial charge < -0.3 is 10.3 Å². The number of carbonyl (C=O) groups is 1. The Labute approximate surface area is 223 Å². The van der Waals surface area contributed by atoms with Crippen molar-refractivity contribution in [3.63, 3.8) is 0 Å². The molecule has 1 heterocycles. The first-order chi connectivity index (χ1) is 18.0.